The van der Waals surface area contributed by atoms with Crippen LogP contribution in [0.4, 0.5) is 5.69 Å². The predicted molar refractivity (Wildman–Crippen MR) is 100 cm³/mol. The van der Waals surface area contributed by atoms with Gasteiger partial charge in [0.05, 0.1) is 18.7 Å². The molecule has 3 atom stereocenters. The second-order valence-electron chi connectivity index (χ2n) is 6.71. The first kappa shape index (κ1) is 16.2. The molecule has 4 heteroatoms. The van der Waals surface area contributed by atoms with Crippen LogP contribution in [0, 0.1) is 12.8 Å². The van der Waals surface area contributed by atoms with E-state index in [4.69, 9.17) is 16.3 Å². The molecule has 3 nitrogen and oxygen atoms in total. The fraction of sp³-hybridized carbons (Fsp3) is 0.286. The molecule has 4 rings (SSSR count). The molecule has 0 aromatic heterocycles. The van der Waals surface area contributed by atoms with Crippen molar-refractivity contribution < 1.29 is 9.53 Å². The number of anilines is 1. The van der Waals surface area contributed by atoms with Gasteiger partial charge in [-0.1, -0.05) is 48.0 Å². The first-order valence-corrected chi connectivity index (χ1v) is 8.89. The minimum atomic E-state index is -0.284. The highest BCUT2D eigenvalue weighted by atomic mass is 35.5. The molecule has 0 fully saturated rings. The quantitative estimate of drug-likeness (QED) is 0.591. The molecule has 2 aliphatic rings. The number of carbonyl (C=O) groups is 1. The summed E-state index contributed by atoms with van der Waals surface area (Å²) < 4.78 is 5.01. The maximum atomic E-state index is 12.3. The third-order valence-corrected chi connectivity index (χ3v) is 5.72. The van der Waals surface area contributed by atoms with Crippen molar-refractivity contribution in [2.24, 2.45) is 5.92 Å². The third-order valence-electron chi connectivity index (χ3n) is 5.37. The minimum Gasteiger partial charge on any atom is -0.465 e. The molecule has 0 bridgehead atoms. The van der Waals surface area contributed by atoms with Crippen LogP contribution in [0.1, 0.15) is 45.4 Å². The van der Waals surface area contributed by atoms with E-state index in [0.29, 0.717) is 11.5 Å². The van der Waals surface area contributed by atoms with E-state index in [0.717, 1.165) is 33.8 Å². The third kappa shape index (κ3) is 2.54. The lowest BCUT2D eigenvalue weighted by Gasteiger charge is -2.39. The highest BCUT2D eigenvalue weighted by Gasteiger charge is 2.41. The summed E-state index contributed by atoms with van der Waals surface area (Å²) in [6.45, 7) is 2.07. The number of nitrogens with one attached hydrogen (secondary N) is 1. The topological polar surface area (TPSA) is 38.3 Å². The van der Waals surface area contributed by atoms with Crippen molar-refractivity contribution in [2.45, 2.75) is 25.3 Å². The summed E-state index contributed by atoms with van der Waals surface area (Å²) in [5, 5.41) is 4.45. The summed E-state index contributed by atoms with van der Waals surface area (Å²) in [4.78, 5) is 12.3. The fourth-order valence-electron chi connectivity index (χ4n) is 4.18. The number of aryl methyl sites for hydroxylation is 1. The lowest BCUT2D eigenvalue weighted by atomic mass is 9.74. The molecular weight excluding hydrogens is 334 g/mol. The molecule has 1 aliphatic heterocycles. The van der Waals surface area contributed by atoms with E-state index in [-0.39, 0.29) is 17.9 Å². The first-order valence-electron chi connectivity index (χ1n) is 8.51. The van der Waals surface area contributed by atoms with Crippen molar-refractivity contribution in [1.29, 1.82) is 0 Å². The van der Waals surface area contributed by atoms with Crippen LogP contribution in [0.25, 0.3) is 0 Å². The van der Waals surface area contributed by atoms with E-state index in [9.17, 15) is 4.79 Å². The Morgan fingerprint density at radius 1 is 1.24 bits per heavy atom. The monoisotopic (exact) mass is 353 g/mol. The van der Waals surface area contributed by atoms with E-state index in [1.165, 1.54) is 7.11 Å². The number of benzene rings is 2. The number of hydrogen-bond donors (Lipinski definition) is 1. The van der Waals surface area contributed by atoms with Crippen LogP contribution >= 0.6 is 11.6 Å². The Balaban J connectivity index is 1.89. The molecule has 128 valence electrons. The smallest absolute Gasteiger partial charge is 0.338 e. The fourth-order valence-corrected chi connectivity index (χ4v) is 4.43. The van der Waals surface area contributed by atoms with Crippen molar-refractivity contribution >= 4 is 23.3 Å². The van der Waals surface area contributed by atoms with Gasteiger partial charge in [-0.3, -0.25) is 0 Å². The number of fused-ring (bicyclic) bond motifs is 3. The van der Waals surface area contributed by atoms with Gasteiger partial charge in [-0.2, -0.15) is 0 Å². The van der Waals surface area contributed by atoms with Crippen LogP contribution < -0.4 is 5.32 Å². The maximum absolute atomic E-state index is 12.3. The number of ether oxygens (including phenoxy) is 1. The molecule has 0 spiro atoms. The van der Waals surface area contributed by atoms with Crippen LogP contribution in [0.5, 0.6) is 0 Å². The Morgan fingerprint density at radius 3 is 2.80 bits per heavy atom. The summed E-state index contributed by atoms with van der Waals surface area (Å²) >= 11 is 6.48. The van der Waals surface area contributed by atoms with Gasteiger partial charge in [0.15, 0.2) is 0 Å². The molecule has 0 radical (unpaired) electrons. The van der Waals surface area contributed by atoms with Gasteiger partial charge >= 0.3 is 5.97 Å². The van der Waals surface area contributed by atoms with Crippen LogP contribution in [0.15, 0.2) is 48.6 Å². The van der Waals surface area contributed by atoms with Gasteiger partial charge in [-0.05, 0) is 48.1 Å². The van der Waals surface area contributed by atoms with Crippen molar-refractivity contribution in [1.82, 2.24) is 0 Å². The summed E-state index contributed by atoms with van der Waals surface area (Å²) in [6, 6.07) is 12.0. The van der Waals surface area contributed by atoms with Crippen molar-refractivity contribution in [3.8, 4) is 0 Å². The number of carbonyl (C=O) groups excluding carboxylic acids is 1. The van der Waals surface area contributed by atoms with Gasteiger partial charge in [0.2, 0.25) is 0 Å². The van der Waals surface area contributed by atoms with Crippen molar-refractivity contribution in [3.05, 3.63) is 75.8 Å². The molecule has 0 saturated heterocycles. The molecule has 0 amide bonds. The second-order valence-corrected chi connectivity index (χ2v) is 7.11. The summed E-state index contributed by atoms with van der Waals surface area (Å²) in [6.07, 6.45) is 5.39. The van der Waals surface area contributed by atoms with Gasteiger partial charge < -0.3 is 10.1 Å². The molecule has 1 heterocycles. The van der Waals surface area contributed by atoms with Gasteiger partial charge in [0.25, 0.3) is 0 Å². The zero-order chi connectivity index (χ0) is 17.6. The van der Waals surface area contributed by atoms with Gasteiger partial charge in [0, 0.05) is 16.6 Å². The number of hydrogen-bond acceptors (Lipinski definition) is 3. The minimum absolute atomic E-state index is 0.118. The predicted octanol–water partition coefficient (Wildman–Crippen LogP) is 5.26. The molecule has 2 aromatic carbocycles. The summed E-state index contributed by atoms with van der Waals surface area (Å²) in [7, 11) is 1.43. The lowest BCUT2D eigenvalue weighted by Crippen LogP contribution is -2.31. The maximum Gasteiger partial charge on any atom is 0.338 e. The van der Waals surface area contributed by atoms with Gasteiger partial charge in [-0.25, -0.2) is 4.79 Å². The highest BCUT2D eigenvalue weighted by Crippen LogP contribution is 2.52. The van der Waals surface area contributed by atoms with Crippen LogP contribution in [-0.2, 0) is 4.74 Å². The van der Waals surface area contributed by atoms with Crippen molar-refractivity contribution in [2.75, 3.05) is 12.4 Å². The highest BCUT2D eigenvalue weighted by molar-refractivity contribution is 6.31. The van der Waals surface area contributed by atoms with Crippen LogP contribution in [0.2, 0.25) is 5.02 Å². The Bertz CT molecular complexity index is 874. The number of allylic oxidation sites excluding steroid dienone is 2. The normalized spacial score (nSPS) is 23.6. The Kier molecular flexibility index (Phi) is 4.04. The zero-order valence-corrected chi connectivity index (χ0v) is 15.0. The average Bonchev–Trinajstić information content (AvgIpc) is 3.11. The van der Waals surface area contributed by atoms with E-state index < -0.39 is 0 Å². The number of methoxy groups -OCH3 is 1. The van der Waals surface area contributed by atoms with Gasteiger partial charge in [0.1, 0.15) is 0 Å². The van der Waals surface area contributed by atoms with Crippen LogP contribution in [-0.4, -0.2) is 13.1 Å². The van der Waals surface area contributed by atoms with Crippen LogP contribution in [0.3, 0.4) is 0 Å². The van der Waals surface area contributed by atoms with E-state index in [2.05, 4.69) is 30.5 Å². The van der Waals surface area contributed by atoms with Crippen molar-refractivity contribution in [3.63, 3.8) is 0 Å². The first-order chi connectivity index (χ1) is 12.1. The Morgan fingerprint density at radius 2 is 2.04 bits per heavy atom. The second kappa shape index (κ2) is 6.23. The Hall–Kier alpha value is -2.26. The lowest BCUT2D eigenvalue weighted by molar-refractivity contribution is 0.0598. The van der Waals surface area contributed by atoms with E-state index in [1.54, 1.807) is 0 Å². The van der Waals surface area contributed by atoms with E-state index >= 15 is 0 Å². The van der Waals surface area contributed by atoms with E-state index in [1.807, 2.05) is 30.3 Å². The standard InChI is InChI=1S/C21H20ClNO2/c1-12-10-11-16(21(24)25-2)18-13-7-5-8-14(13)20(23-19(12)18)15-6-3-4-9-17(15)22/h3-7,9-11,13-14,20,23H,8H2,1-2H3/t13-,14-,20+/m1/s1. The summed E-state index contributed by atoms with van der Waals surface area (Å²) in [5.74, 6) is 0.234. The molecular formula is C21H20ClNO2. The Labute approximate surface area is 152 Å². The number of halogens is 1. The molecule has 25 heavy (non-hydrogen) atoms. The average molecular weight is 354 g/mol. The molecule has 1 aliphatic carbocycles. The molecule has 0 unspecified atom stereocenters. The molecule has 0 saturated carbocycles. The number of esters is 1. The SMILES string of the molecule is COC(=O)c1ccc(C)c2c1[C@@H]1C=CC[C@H]1[C@@H](c1ccccc1Cl)N2. The molecule has 1 N–H and O–H groups in total. The molecule has 2 aromatic rings. The largest absolute Gasteiger partial charge is 0.465 e. The van der Waals surface area contributed by atoms with Gasteiger partial charge in [-0.15, -0.1) is 0 Å². The zero-order valence-electron chi connectivity index (χ0n) is 14.3. The summed E-state index contributed by atoms with van der Waals surface area (Å²) in [5.41, 5.74) is 4.96. The number of rotatable bonds is 2.